The highest BCUT2D eigenvalue weighted by atomic mass is 32.2. The molecule has 2 heterocycles. The summed E-state index contributed by atoms with van der Waals surface area (Å²) in [6, 6.07) is -0.686. The number of amides is 1. The molecule has 1 fully saturated rings. The van der Waals surface area contributed by atoms with Crippen LogP contribution in [0.15, 0.2) is 17.3 Å². The van der Waals surface area contributed by atoms with Gasteiger partial charge in [-0.3, -0.25) is 9.48 Å². The van der Waals surface area contributed by atoms with E-state index in [2.05, 4.69) is 15.1 Å². The molecule has 1 aromatic heterocycles. The Morgan fingerprint density at radius 3 is 2.94 bits per heavy atom. The molecule has 0 radical (unpaired) electrons. The molecular formula is C9H14N4O3S. The minimum Gasteiger partial charge on any atom is -0.355 e. The van der Waals surface area contributed by atoms with Crippen molar-refractivity contribution in [3.63, 3.8) is 0 Å². The number of aryl methyl sites for hydroxylation is 1. The van der Waals surface area contributed by atoms with Gasteiger partial charge < -0.3 is 5.32 Å². The molecule has 1 unspecified atom stereocenters. The quantitative estimate of drug-likeness (QED) is 0.725. The largest absolute Gasteiger partial charge is 0.355 e. The fraction of sp³-hybridized carbons (Fsp3) is 0.556. The summed E-state index contributed by atoms with van der Waals surface area (Å²) in [6.45, 7) is 0.601. The molecule has 0 aliphatic carbocycles. The second-order valence-electron chi connectivity index (χ2n) is 3.96. The van der Waals surface area contributed by atoms with E-state index in [0.29, 0.717) is 13.0 Å². The lowest BCUT2D eigenvalue weighted by Gasteiger charge is -2.22. The van der Waals surface area contributed by atoms with E-state index in [0.717, 1.165) is 6.42 Å². The number of carbonyl (C=O) groups is 1. The van der Waals surface area contributed by atoms with E-state index in [1.807, 2.05) is 0 Å². The van der Waals surface area contributed by atoms with E-state index in [-0.39, 0.29) is 10.8 Å². The minimum atomic E-state index is -3.67. The highest BCUT2D eigenvalue weighted by molar-refractivity contribution is 7.89. The van der Waals surface area contributed by atoms with Gasteiger partial charge in [0.2, 0.25) is 15.9 Å². The Labute approximate surface area is 99.2 Å². The maximum atomic E-state index is 11.9. The van der Waals surface area contributed by atoms with Crippen molar-refractivity contribution >= 4 is 15.9 Å². The number of carbonyl (C=O) groups excluding carboxylic acids is 1. The molecule has 0 saturated carbocycles. The van der Waals surface area contributed by atoms with Gasteiger partial charge in [-0.15, -0.1) is 0 Å². The molecule has 2 N–H and O–H groups in total. The van der Waals surface area contributed by atoms with Crippen LogP contribution in [0.5, 0.6) is 0 Å². The van der Waals surface area contributed by atoms with Crippen LogP contribution in [0.3, 0.4) is 0 Å². The van der Waals surface area contributed by atoms with Crippen LogP contribution in [0.2, 0.25) is 0 Å². The molecule has 1 amide bonds. The summed E-state index contributed by atoms with van der Waals surface area (Å²) in [5.74, 6) is -0.274. The molecule has 1 aromatic rings. The van der Waals surface area contributed by atoms with Crippen molar-refractivity contribution in [2.75, 3.05) is 6.54 Å². The van der Waals surface area contributed by atoms with Crippen LogP contribution in [-0.4, -0.2) is 36.7 Å². The predicted molar refractivity (Wildman–Crippen MR) is 59.6 cm³/mol. The molecule has 0 spiro atoms. The average Bonchev–Trinajstić information content (AvgIpc) is 2.69. The van der Waals surface area contributed by atoms with Crippen molar-refractivity contribution in [1.29, 1.82) is 0 Å². The van der Waals surface area contributed by atoms with Crippen LogP contribution in [0.1, 0.15) is 12.8 Å². The number of nitrogens with one attached hydrogen (secondary N) is 2. The monoisotopic (exact) mass is 258 g/mol. The molecular weight excluding hydrogens is 244 g/mol. The van der Waals surface area contributed by atoms with Crippen molar-refractivity contribution < 1.29 is 13.2 Å². The summed E-state index contributed by atoms with van der Waals surface area (Å²) in [4.78, 5) is 11.5. The van der Waals surface area contributed by atoms with E-state index in [9.17, 15) is 13.2 Å². The van der Waals surface area contributed by atoms with Crippen LogP contribution in [0.4, 0.5) is 0 Å². The first-order valence-corrected chi connectivity index (χ1v) is 6.76. The minimum absolute atomic E-state index is 0.0679. The zero-order valence-electron chi connectivity index (χ0n) is 9.38. The molecule has 2 rings (SSSR count). The lowest BCUT2D eigenvalue weighted by Crippen LogP contribution is -2.50. The Morgan fingerprint density at radius 1 is 1.59 bits per heavy atom. The maximum absolute atomic E-state index is 11.9. The second-order valence-corrected chi connectivity index (χ2v) is 5.67. The van der Waals surface area contributed by atoms with E-state index in [4.69, 9.17) is 0 Å². The number of piperidine rings is 1. The SMILES string of the molecule is Cn1cc(S(=O)(=O)NC2CCCNC2=O)cn1. The first kappa shape index (κ1) is 12.1. The number of aromatic nitrogens is 2. The lowest BCUT2D eigenvalue weighted by atomic mass is 10.1. The van der Waals surface area contributed by atoms with Crippen molar-refractivity contribution in [3.8, 4) is 0 Å². The molecule has 1 atom stereocenters. The predicted octanol–water partition coefficient (Wildman–Crippen LogP) is -1.02. The van der Waals surface area contributed by atoms with Crippen LogP contribution in [0.25, 0.3) is 0 Å². The van der Waals surface area contributed by atoms with Gasteiger partial charge in [0.1, 0.15) is 10.9 Å². The number of hydrogen-bond donors (Lipinski definition) is 2. The van der Waals surface area contributed by atoms with Crippen LogP contribution >= 0.6 is 0 Å². The fourth-order valence-electron chi connectivity index (χ4n) is 1.68. The molecule has 0 aromatic carbocycles. The van der Waals surface area contributed by atoms with Gasteiger partial charge >= 0.3 is 0 Å². The van der Waals surface area contributed by atoms with Gasteiger partial charge in [-0.05, 0) is 12.8 Å². The third kappa shape index (κ3) is 2.64. The van der Waals surface area contributed by atoms with Gasteiger partial charge in [-0.25, -0.2) is 8.42 Å². The summed E-state index contributed by atoms with van der Waals surface area (Å²) in [5, 5.41) is 6.42. The van der Waals surface area contributed by atoms with Gasteiger partial charge in [-0.1, -0.05) is 0 Å². The fourth-order valence-corrected chi connectivity index (χ4v) is 2.89. The van der Waals surface area contributed by atoms with Gasteiger partial charge in [-0.2, -0.15) is 9.82 Å². The Balaban J connectivity index is 2.14. The van der Waals surface area contributed by atoms with Crippen LogP contribution < -0.4 is 10.0 Å². The molecule has 1 aliphatic rings. The van der Waals surface area contributed by atoms with Crippen molar-refractivity contribution in [1.82, 2.24) is 19.8 Å². The number of sulfonamides is 1. The first-order valence-electron chi connectivity index (χ1n) is 5.28. The molecule has 8 heteroatoms. The molecule has 17 heavy (non-hydrogen) atoms. The summed E-state index contributed by atoms with van der Waals surface area (Å²) < 4.78 is 27.6. The topological polar surface area (TPSA) is 93.1 Å². The van der Waals surface area contributed by atoms with Gasteiger partial charge in [0.25, 0.3) is 0 Å². The summed E-state index contributed by atoms with van der Waals surface area (Å²) in [6.07, 6.45) is 3.93. The molecule has 1 saturated heterocycles. The maximum Gasteiger partial charge on any atom is 0.244 e. The first-order chi connectivity index (χ1) is 7.99. The second kappa shape index (κ2) is 4.46. The van der Waals surface area contributed by atoms with Crippen molar-refractivity contribution in [2.45, 2.75) is 23.8 Å². The zero-order chi connectivity index (χ0) is 12.5. The molecule has 0 bridgehead atoms. The van der Waals surface area contributed by atoms with E-state index >= 15 is 0 Å². The van der Waals surface area contributed by atoms with E-state index < -0.39 is 16.1 Å². The van der Waals surface area contributed by atoms with Crippen LogP contribution in [0, 0.1) is 0 Å². The zero-order valence-corrected chi connectivity index (χ0v) is 10.2. The Morgan fingerprint density at radius 2 is 2.35 bits per heavy atom. The highest BCUT2D eigenvalue weighted by Crippen LogP contribution is 2.10. The van der Waals surface area contributed by atoms with Gasteiger partial charge in [0, 0.05) is 19.8 Å². The van der Waals surface area contributed by atoms with E-state index in [1.165, 1.54) is 17.1 Å². The number of hydrogen-bond acceptors (Lipinski definition) is 4. The Bertz CT molecular complexity index is 522. The third-order valence-electron chi connectivity index (χ3n) is 2.57. The number of nitrogens with zero attached hydrogens (tertiary/aromatic N) is 2. The van der Waals surface area contributed by atoms with Crippen molar-refractivity contribution in [3.05, 3.63) is 12.4 Å². The standard InChI is InChI=1S/C9H14N4O3S/c1-13-6-7(5-11-13)17(15,16)12-8-3-2-4-10-9(8)14/h5-6,8,12H,2-4H2,1H3,(H,10,14). The smallest absolute Gasteiger partial charge is 0.244 e. The lowest BCUT2D eigenvalue weighted by molar-refractivity contribution is -0.124. The molecule has 1 aliphatic heterocycles. The van der Waals surface area contributed by atoms with Crippen molar-refractivity contribution in [2.24, 2.45) is 7.05 Å². The van der Waals surface area contributed by atoms with Crippen LogP contribution in [-0.2, 0) is 21.9 Å². The average molecular weight is 258 g/mol. The summed E-state index contributed by atoms with van der Waals surface area (Å²) in [7, 11) is -2.03. The highest BCUT2D eigenvalue weighted by Gasteiger charge is 2.28. The Kier molecular flexibility index (Phi) is 3.16. The van der Waals surface area contributed by atoms with Gasteiger partial charge in [0.05, 0.1) is 6.20 Å². The van der Waals surface area contributed by atoms with Gasteiger partial charge in [0.15, 0.2) is 0 Å². The molecule has 94 valence electrons. The van der Waals surface area contributed by atoms with E-state index in [1.54, 1.807) is 7.05 Å². The number of rotatable bonds is 3. The summed E-state index contributed by atoms with van der Waals surface area (Å²) >= 11 is 0. The Hall–Kier alpha value is -1.41. The normalized spacial score (nSPS) is 21.2. The summed E-state index contributed by atoms with van der Waals surface area (Å²) in [5.41, 5.74) is 0. The third-order valence-corrected chi connectivity index (χ3v) is 4.00. The molecule has 7 nitrogen and oxygen atoms in total.